The van der Waals surface area contributed by atoms with Gasteiger partial charge in [-0.1, -0.05) is 60.7 Å². The molecule has 0 aliphatic heterocycles. The molecular weight excluding hydrogens is 398 g/mol. The van der Waals surface area contributed by atoms with E-state index in [1.807, 2.05) is 60.7 Å². The van der Waals surface area contributed by atoms with Gasteiger partial charge in [-0.25, -0.2) is 4.79 Å². The number of nitrogens with two attached hydrogens (primary N) is 1. The molecule has 6 nitrogen and oxygen atoms in total. The number of rotatable bonds is 10. The minimum absolute atomic E-state index is 0.341. The minimum Gasteiger partial charge on any atom is -0.465 e. The van der Waals surface area contributed by atoms with Crippen molar-refractivity contribution in [2.24, 2.45) is 11.7 Å². The van der Waals surface area contributed by atoms with Gasteiger partial charge in [0.2, 0.25) is 0 Å². The van der Waals surface area contributed by atoms with Crippen LogP contribution in [0.15, 0.2) is 72.4 Å². The fraction of sp³-hybridized carbons (Fsp3) is 0.304. The highest BCUT2D eigenvalue weighted by molar-refractivity contribution is 7.09. The molecule has 3 aromatic rings. The predicted molar refractivity (Wildman–Crippen MR) is 119 cm³/mol. The van der Waals surface area contributed by atoms with Gasteiger partial charge in [0.25, 0.3) is 0 Å². The highest BCUT2D eigenvalue weighted by Gasteiger charge is 2.33. The Kier molecular flexibility index (Phi) is 7.96. The summed E-state index contributed by atoms with van der Waals surface area (Å²) in [6.07, 6.45) is 1.16. The topological polar surface area (TPSA) is 108 Å². The highest BCUT2D eigenvalue weighted by Crippen LogP contribution is 2.24. The lowest BCUT2D eigenvalue weighted by atomic mass is 9.82. The molecule has 1 amide bonds. The Bertz CT molecular complexity index is 891. The normalized spacial score (nSPS) is 15.1. The van der Waals surface area contributed by atoms with Crippen LogP contribution in [0.25, 0.3) is 0 Å². The molecule has 0 radical (unpaired) electrons. The van der Waals surface area contributed by atoms with E-state index in [1.165, 1.54) is 11.3 Å². The first-order chi connectivity index (χ1) is 14.5. The summed E-state index contributed by atoms with van der Waals surface area (Å²) >= 11 is 1.51. The van der Waals surface area contributed by atoms with Crippen molar-refractivity contribution < 1.29 is 15.0 Å². The molecule has 4 atom stereocenters. The lowest BCUT2D eigenvalue weighted by Crippen LogP contribution is -2.52. The molecule has 0 saturated carbocycles. The Balaban J connectivity index is 1.83. The first-order valence-electron chi connectivity index (χ1n) is 9.91. The molecule has 158 valence electrons. The number of benzene rings is 2. The van der Waals surface area contributed by atoms with Gasteiger partial charge >= 0.3 is 6.09 Å². The Labute approximate surface area is 180 Å². The molecule has 0 fully saturated rings. The van der Waals surface area contributed by atoms with Gasteiger partial charge in [0.05, 0.1) is 17.7 Å². The Hall–Kier alpha value is -2.74. The summed E-state index contributed by atoms with van der Waals surface area (Å²) in [4.78, 5) is 16.6. The van der Waals surface area contributed by atoms with E-state index in [9.17, 15) is 15.0 Å². The molecule has 1 aromatic heterocycles. The van der Waals surface area contributed by atoms with Crippen LogP contribution in [0.4, 0.5) is 4.79 Å². The van der Waals surface area contributed by atoms with Crippen LogP contribution < -0.4 is 11.1 Å². The number of carbonyl (C=O) groups is 1. The van der Waals surface area contributed by atoms with Crippen LogP contribution in [0.3, 0.4) is 0 Å². The zero-order valence-corrected chi connectivity index (χ0v) is 17.4. The van der Waals surface area contributed by atoms with E-state index in [0.29, 0.717) is 19.3 Å². The zero-order valence-electron chi connectivity index (χ0n) is 16.6. The third-order valence-electron chi connectivity index (χ3n) is 5.24. The Morgan fingerprint density at radius 1 is 1.00 bits per heavy atom. The molecule has 30 heavy (non-hydrogen) atoms. The maximum atomic E-state index is 11.4. The van der Waals surface area contributed by atoms with Gasteiger partial charge in [-0.3, -0.25) is 4.98 Å². The maximum absolute atomic E-state index is 11.4. The van der Waals surface area contributed by atoms with Crippen molar-refractivity contribution in [2.75, 3.05) is 0 Å². The molecule has 0 saturated heterocycles. The van der Waals surface area contributed by atoms with E-state index in [1.54, 1.807) is 11.7 Å². The molecule has 0 aliphatic rings. The van der Waals surface area contributed by atoms with Crippen molar-refractivity contribution in [1.29, 1.82) is 0 Å². The number of aliphatic hydroxyl groups excluding tert-OH is 1. The van der Waals surface area contributed by atoms with Crippen molar-refractivity contribution in [3.8, 4) is 0 Å². The van der Waals surface area contributed by atoms with Gasteiger partial charge < -0.3 is 21.3 Å². The van der Waals surface area contributed by atoms with E-state index in [0.717, 1.165) is 16.0 Å². The molecule has 5 N–H and O–H groups in total. The summed E-state index contributed by atoms with van der Waals surface area (Å²) in [7, 11) is 0. The monoisotopic (exact) mass is 425 g/mol. The van der Waals surface area contributed by atoms with Crippen molar-refractivity contribution >= 4 is 17.4 Å². The third-order valence-corrected chi connectivity index (χ3v) is 6.04. The molecule has 1 heterocycles. The number of hydrogen-bond acceptors (Lipinski definition) is 5. The standard InChI is InChI=1S/C23H27N3O3S/c24-20(11-16-7-3-1-4-8-16)19(13-18-14-25-15-30-18)22(27)21(26-23(28)29)12-17-9-5-2-6-10-17/h1-10,14-15,19-22,26-27H,11-13,24H2,(H,28,29)/t19?,20-,21-,22+/m0/s1. The highest BCUT2D eigenvalue weighted by atomic mass is 32.1. The first kappa shape index (κ1) is 22.0. The number of nitrogens with zero attached hydrogens (tertiary/aromatic N) is 1. The van der Waals surface area contributed by atoms with Gasteiger partial charge in [-0.05, 0) is 30.4 Å². The molecule has 1 unspecified atom stereocenters. The van der Waals surface area contributed by atoms with Gasteiger partial charge in [-0.2, -0.15) is 0 Å². The third kappa shape index (κ3) is 6.38. The number of amides is 1. The molecule has 0 bridgehead atoms. The Morgan fingerprint density at radius 2 is 1.60 bits per heavy atom. The largest absolute Gasteiger partial charge is 0.465 e. The lowest BCUT2D eigenvalue weighted by Gasteiger charge is -2.33. The van der Waals surface area contributed by atoms with E-state index < -0.39 is 18.2 Å². The van der Waals surface area contributed by atoms with Crippen molar-refractivity contribution in [3.63, 3.8) is 0 Å². The van der Waals surface area contributed by atoms with Crippen LogP contribution >= 0.6 is 11.3 Å². The first-order valence-corrected chi connectivity index (χ1v) is 10.8. The minimum atomic E-state index is -1.16. The molecule has 2 aromatic carbocycles. The van der Waals surface area contributed by atoms with Gasteiger partial charge in [0, 0.05) is 23.0 Å². The van der Waals surface area contributed by atoms with Crippen LogP contribution in [-0.4, -0.2) is 39.5 Å². The van der Waals surface area contributed by atoms with Gasteiger partial charge in [0.1, 0.15) is 0 Å². The smallest absolute Gasteiger partial charge is 0.404 e. The fourth-order valence-corrected chi connectivity index (χ4v) is 4.39. The summed E-state index contributed by atoms with van der Waals surface area (Å²) in [5.74, 6) is -0.341. The van der Waals surface area contributed by atoms with E-state index >= 15 is 0 Å². The van der Waals surface area contributed by atoms with Gasteiger partial charge in [-0.15, -0.1) is 11.3 Å². The summed E-state index contributed by atoms with van der Waals surface area (Å²) in [5, 5.41) is 23.2. The second kappa shape index (κ2) is 10.9. The van der Waals surface area contributed by atoms with Crippen LogP contribution in [-0.2, 0) is 19.3 Å². The number of carboxylic acid groups (broad SMARTS) is 1. The van der Waals surface area contributed by atoms with Crippen LogP contribution in [0.5, 0.6) is 0 Å². The van der Waals surface area contributed by atoms with Crippen LogP contribution in [0, 0.1) is 5.92 Å². The summed E-state index contributed by atoms with van der Waals surface area (Å²) < 4.78 is 0. The lowest BCUT2D eigenvalue weighted by molar-refractivity contribution is 0.0554. The van der Waals surface area contributed by atoms with Crippen molar-refractivity contribution in [2.45, 2.75) is 37.5 Å². The Morgan fingerprint density at radius 3 is 2.13 bits per heavy atom. The van der Waals surface area contributed by atoms with E-state index in [-0.39, 0.29) is 12.0 Å². The number of aliphatic hydroxyl groups is 1. The molecular formula is C23H27N3O3S. The second-order valence-corrected chi connectivity index (χ2v) is 8.40. The molecule has 0 aliphatic carbocycles. The average Bonchev–Trinajstić information content (AvgIpc) is 3.25. The SMILES string of the molecule is N[C@@H](Cc1ccccc1)C(Cc1cncs1)[C@@H](O)[C@H](Cc1ccccc1)NC(=O)O. The zero-order chi connectivity index (χ0) is 21.3. The molecule has 0 spiro atoms. The summed E-state index contributed by atoms with van der Waals surface area (Å²) in [6.45, 7) is 0. The number of hydrogen-bond donors (Lipinski definition) is 4. The molecule has 7 heteroatoms. The number of nitrogens with one attached hydrogen (secondary N) is 1. The van der Waals surface area contributed by atoms with E-state index in [2.05, 4.69) is 10.3 Å². The fourth-order valence-electron chi connectivity index (χ4n) is 3.72. The number of aromatic nitrogens is 1. The molecule has 3 rings (SSSR count). The van der Waals surface area contributed by atoms with Crippen molar-refractivity contribution in [3.05, 3.63) is 88.4 Å². The number of thiazole rings is 1. The quantitative estimate of drug-likeness (QED) is 0.399. The maximum Gasteiger partial charge on any atom is 0.404 e. The van der Waals surface area contributed by atoms with Crippen LogP contribution in [0.1, 0.15) is 16.0 Å². The second-order valence-electron chi connectivity index (χ2n) is 7.43. The van der Waals surface area contributed by atoms with E-state index in [4.69, 9.17) is 5.73 Å². The summed E-state index contributed by atoms with van der Waals surface area (Å²) in [5.41, 5.74) is 10.4. The summed E-state index contributed by atoms with van der Waals surface area (Å²) in [6, 6.07) is 18.4. The van der Waals surface area contributed by atoms with Crippen molar-refractivity contribution in [1.82, 2.24) is 10.3 Å². The van der Waals surface area contributed by atoms with Gasteiger partial charge in [0.15, 0.2) is 0 Å². The predicted octanol–water partition coefficient (Wildman–Crippen LogP) is 3.11. The average molecular weight is 426 g/mol. The van der Waals surface area contributed by atoms with Crippen LogP contribution in [0.2, 0.25) is 0 Å².